The Morgan fingerprint density at radius 3 is 2.56 bits per heavy atom. The number of aromatic nitrogens is 2. The highest BCUT2D eigenvalue weighted by Gasteiger charge is 2.51. The van der Waals surface area contributed by atoms with Crippen molar-refractivity contribution >= 4 is 33.9 Å². The van der Waals surface area contributed by atoms with Gasteiger partial charge in [0.05, 0.1) is 28.0 Å². The number of rotatable bonds is 9. The third-order valence-electron chi connectivity index (χ3n) is 10.1. The lowest BCUT2D eigenvalue weighted by Gasteiger charge is -2.41. The minimum Gasteiger partial charge on any atom is -0.370 e. The molecule has 0 spiro atoms. The van der Waals surface area contributed by atoms with Crippen LogP contribution < -0.4 is 26.0 Å². The van der Waals surface area contributed by atoms with Crippen molar-refractivity contribution in [1.29, 1.82) is 0 Å². The fourth-order valence-electron chi connectivity index (χ4n) is 7.39. The summed E-state index contributed by atoms with van der Waals surface area (Å²) in [6.45, 7) is 7.27. The number of piperidine rings is 1. The largest absolute Gasteiger partial charge is 0.370 e. The van der Waals surface area contributed by atoms with E-state index in [4.69, 9.17) is 9.72 Å². The zero-order valence-electron chi connectivity index (χ0n) is 28.4. The topological polar surface area (TPSA) is 109 Å². The summed E-state index contributed by atoms with van der Waals surface area (Å²) in [6.07, 6.45) is 3.79. The normalized spacial score (nSPS) is 18.6. The number of hydrogen-bond acceptors (Lipinski definition) is 8. The Kier molecular flexibility index (Phi) is 8.34. The van der Waals surface area contributed by atoms with Crippen molar-refractivity contribution in [3.8, 4) is 22.4 Å². The predicted molar refractivity (Wildman–Crippen MR) is 199 cm³/mol. The van der Waals surface area contributed by atoms with Crippen LogP contribution in [0.4, 0.5) is 17.1 Å². The van der Waals surface area contributed by atoms with Crippen LogP contribution in [0.3, 0.4) is 0 Å². The molecule has 2 atom stereocenters. The van der Waals surface area contributed by atoms with Crippen molar-refractivity contribution in [1.82, 2.24) is 20.2 Å². The zero-order valence-corrected chi connectivity index (χ0v) is 28.4. The van der Waals surface area contributed by atoms with E-state index < -0.39 is 0 Å². The van der Waals surface area contributed by atoms with Crippen molar-refractivity contribution < 1.29 is 9.53 Å². The Labute approximate surface area is 291 Å². The molecule has 3 aromatic carbocycles. The van der Waals surface area contributed by atoms with E-state index in [1.165, 1.54) is 5.56 Å². The lowest BCUT2D eigenvalue weighted by molar-refractivity contribution is -0.117. The Balaban J connectivity index is 0.958. The molecular formula is C40H41N7O3. The van der Waals surface area contributed by atoms with Crippen LogP contribution in [0, 0.1) is 0 Å². The first-order chi connectivity index (χ1) is 24.4. The highest BCUT2D eigenvalue weighted by Crippen LogP contribution is 2.46. The number of carbonyl (C=O) groups excluding carboxylic acids is 1. The molecule has 254 valence electrons. The molecule has 0 aliphatic carbocycles. The second-order valence-electron chi connectivity index (χ2n) is 13.4. The predicted octanol–water partition coefficient (Wildman–Crippen LogP) is 5.57. The summed E-state index contributed by atoms with van der Waals surface area (Å²) in [5.41, 5.74) is 9.44. The van der Waals surface area contributed by atoms with Crippen LogP contribution >= 0.6 is 0 Å². The summed E-state index contributed by atoms with van der Waals surface area (Å²) in [5, 5.41) is 6.77. The van der Waals surface area contributed by atoms with Gasteiger partial charge in [0.1, 0.15) is 0 Å². The van der Waals surface area contributed by atoms with Crippen LogP contribution in [-0.2, 0) is 16.1 Å². The van der Waals surface area contributed by atoms with Gasteiger partial charge in [0.2, 0.25) is 5.91 Å². The van der Waals surface area contributed by atoms with E-state index in [0.717, 1.165) is 71.9 Å². The molecular weight excluding hydrogens is 626 g/mol. The number of epoxide rings is 1. The van der Waals surface area contributed by atoms with Crippen molar-refractivity contribution in [3.63, 3.8) is 0 Å². The van der Waals surface area contributed by atoms with Gasteiger partial charge in [-0.15, -0.1) is 0 Å². The van der Waals surface area contributed by atoms with Crippen molar-refractivity contribution in [2.75, 3.05) is 48.8 Å². The minimum absolute atomic E-state index is 0.0239. The molecule has 2 fully saturated rings. The smallest absolute Gasteiger partial charge is 0.257 e. The number of amides is 1. The Morgan fingerprint density at radius 2 is 1.80 bits per heavy atom. The van der Waals surface area contributed by atoms with Crippen LogP contribution in [0.5, 0.6) is 0 Å². The molecule has 3 aliphatic rings. The van der Waals surface area contributed by atoms with Gasteiger partial charge >= 0.3 is 0 Å². The SMILES string of the molecule is C=C(CN(C)c1ccc2c(c1)N(C1CCN(Cc3ccc(-c4nc5cc[nH]c(=O)c5cc4-c4ccccc4)cc3)CC1)C1OC1N2)C(=O)NC. The third kappa shape index (κ3) is 6.12. The van der Waals surface area contributed by atoms with Crippen molar-refractivity contribution in [2.45, 2.75) is 37.9 Å². The summed E-state index contributed by atoms with van der Waals surface area (Å²) in [6, 6.07) is 29.4. The fourth-order valence-corrected chi connectivity index (χ4v) is 7.39. The van der Waals surface area contributed by atoms with E-state index in [9.17, 15) is 9.59 Å². The number of benzene rings is 3. The van der Waals surface area contributed by atoms with E-state index in [-0.39, 0.29) is 23.9 Å². The molecule has 5 heterocycles. The number of aromatic amines is 1. The third-order valence-corrected chi connectivity index (χ3v) is 10.1. The molecule has 10 heteroatoms. The van der Waals surface area contributed by atoms with Crippen LogP contribution in [0.15, 0.2) is 108 Å². The summed E-state index contributed by atoms with van der Waals surface area (Å²) >= 11 is 0. The molecule has 10 nitrogen and oxygen atoms in total. The molecule has 2 aromatic heterocycles. The maximum Gasteiger partial charge on any atom is 0.257 e. The summed E-state index contributed by atoms with van der Waals surface area (Å²) in [4.78, 5) is 39.5. The maximum absolute atomic E-state index is 12.6. The number of fused-ring (bicyclic) bond motifs is 3. The minimum atomic E-state index is -0.145. The number of nitrogens with zero attached hydrogens (tertiary/aromatic N) is 4. The Hall–Kier alpha value is -5.45. The van der Waals surface area contributed by atoms with Crippen molar-refractivity contribution in [3.05, 3.63) is 119 Å². The average Bonchev–Trinajstić information content (AvgIpc) is 3.93. The molecule has 50 heavy (non-hydrogen) atoms. The molecule has 2 unspecified atom stereocenters. The molecule has 0 saturated carbocycles. The van der Waals surface area contributed by atoms with Crippen LogP contribution in [0.1, 0.15) is 18.4 Å². The first kappa shape index (κ1) is 31.8. The van der Waals surface area contributed by atoms with E-state index in [1.54, 1.807) is 13.2 Å². The first-order valence-electron chi connectivity index (χ1n) is 17.2. The number of likely N-dealkylation sites (tertiary alicyclic amines) is 1. The van der Waals surface area contributed by atoms with E-state index in [1.807, 2.05) is 37.4 Å². The number of hydrogen-bond donors (Lipinski definition) is 3. The molecule has 3 aliphatic heterocycles. The summed E-state index contributed by atoms with van der Waals surface area (Å²) in [5.74, 6) is -0.145. The maximum atomic E-state index is 12.6. The summed E-state index contributed by atoms with van der Waals surface area (Å²) < 4.78 is 6.07. The monoisotopic (exact) mass is 667 g/mol. The Bertz CT molecular complexity index is 2120. The number of anilines is 3. The number of carbonyl (C=O) groups is 1. The van der Waals surface area contributed by atoms with Crippen LogP contribution in [-0.4, -0.2) is 73.0 Å². The van der Waals surface area contributed by atoms with Crippen molar-refractivity contribution in [2.24, 2.45) is 0 Å². The number of H-pyrrole nitrogens is 1. The lowest BCUT2D eigenvalue weighted by Crippen LogP contribution is -2.48. The molecule has 8 rings (SSSR count). The molecule has 5 aromatic rings. The van der Waals surface area contributed by atoms with E-state index >= 15 is 0 Å². The molecule has 0 radical (unpaired) electrons. The molecule has 1 amide bonds. The van der Waals surface area contributed by atoms with Gasteiger partial charge in [0.15, 0.2) is 12.5 Å². The van der Waals surface area contributed by atoms with Gasteiger partial charge in [-0.25, -0.2) is 4.98 Å². The van der Waals surface area contributed by atoms with Gasteiger partial charge < -0.3 is 30.2 Å². The van der Waals surface area contributed by atoms with Gasteiger partial charge in [0, 0.05) is 74.9 Å². The Morgan fingerprint density at radius 1 is 1.02 bits per heavy atom. The number of likely N-dealkylation sites (N-methyl/N-ethyl adjacent to an activating group) is 2. The fraction of sp³-hybridized carbons (Fsp3) is 0.275. The number of pyridine rings is 2. The number of nitrogens with one attached hydrogen (secondary N) is 3. The highest BCUT2D eigenvalue weighted by atomic mass is 16.6. The molecule has 3 N–H and O–H groups in total. The van der Waals surface area contributed by atoms with Gasteiger partial charge in [-0.1, -0.05) is 61.2 Å². The standard InChI is InChI=1S/C40H41N7O3/c1-25(37(48)41-2)23-45(3)30-13-14-34-35(21-30)47(40-39(44-34)50-40)29-16-19-46(20-17-29)24-26-9-11-28(12-10-26)36-31(27-7-5-4-6-8-27)22-32-33(43-36)15-18-42-38(32)49/h4-15,18,21-22,29,39-40,44H,1,16-17,19-20,23-24H2,2-3H3,(H,41,48)(H,42,49). The first-order valence-corrected chi connectivity index (χ1v) is 17.2. The number of ether oxygens (including phenoxy) is 1. The highest BCUT2D eigenvalue weighted by molar-refractivity contribution is 5.94. The van der Waals surface area contributed by atoms with Gasteiger partial charge in [-0.2, -0.15) is 0 Å². The summed E-state index contributed by atoms with van der Waals surface area (Å²) in [7, 11) is 3.61. The van der Waals surface area contributed by atoms with Gasteiger partial charge in [0.25, 0.3) is 5.56 Å². The van der Waals surface area contributed by atoms with Crippen LogP contribution in [0.25, 0.3) is 33.3 Å². The molecule has 2 saturated heterocycles. The second kappa shape index (κ2) is 13.1. The van der Waals surface area contributed by atoms with Gasteiger partial charge in [-0.3, -0.25) is 14.5 Å². The second-order valence-corrected chi connectivity index (χ2v) is 13.4. The van der Waals surface area contributed by atoms with Gasteiger partial charge in [-0.05, 0) is 54.3 Å². The van der Waals surface area contributed by atoms with Crippen LogP contribution in [0.2, 0.25) is 0 Å². The quantitative estimate of drug-likeness (QED) is 0.138. The zero-order chi connectivity index (χ0) is 34.4. The van der Waals surface area contributed by atoms with E-state index in [0.29, 0.717) is 29.1 Å². The van der Waals surface area contributed by atoms with E-state index in [2.05, 4.69) is 91.5 Å². The average molecular weight is 668 g/mol. The molecule has 0 bridgehead atoms. The lowest BCUT2D eigenvalue weighted by atomic mass is 9.97.